The molecule has 0 bridgehead atoms. The molecule has 1 aliphatic rings. The quantitative estimate of drug-likeness (QED) is 0.680. The number of anilines is 1. The first-order valence-corrected chi connectivity index (χ1v) is 8.59. The van der Waals surface area contributed by atoms with Gasteiger partial charge in [-0.3, -0.25) is 19.4 Å². The van der Waals surface area contributed by atoms with Gasteiger partial charge in [0.15, 0.2) is 0 Å². The fraction of sp³-hybridized carbons (Fsp3) is 0.263. The van der Waals surface area contributed by atoms with E-state index in [9.17, 15) is 19.5 Å². The summed E-state index contributed by atoms with van der Waals surface area (Å²) in [5.41, 5.74) is 0.967. The Labute approximate surface area is 156 Å². The molecule has 1 fully saturated rings. The number of amides is 3. The molecule has 2 atom stereocenters. The third-order valence-electron chi connectivity index (χ3n) is 4.35. The van der Waals surface area contributed by atoms with Gasteiger partial charge in [0.1, 0.15) is 0 Å². The molecular formula is C19H20N4O4. The largest absolute Gasteiger partial charge is 0.389 e. The molecule has 0 radical (unpaired) electrons. The van der Waals surface area contributed by atoms with Crippen LogP contribution in [0.5, 0.6) is 0 Å². The number of aromatic nitrogens is 1. The van der Waals surface area contributed by atoms with E-state index < -0.39 is 24.0 Å². The average Bonchev–Trinajstić information content (AvgIpc) is 2.70. The minimum atomic E-state index is -0.960. The van der Waals surface area contributed by atoms with Gasteiger partial charge in [-0.2, -0.15) is 0 Å². The van der Waals surface area contributed by atoms with Gasteiger partial charge in [-0.25, -0.2) is 0 Å². The molecule has 8 nitrogen and oxygen atoms in total. The molecule has 2 aromatic rings. The highest BCUT2D eigenvalue weighted by atomic mass is 16.3. The smallest absolute Gasteiger partial charge is 0.313 e. The lowest BCUT2D eigenvalue weighted by molar-refractivity contribution is -0.145. The lowest BCUT2D eigenvalue weighted by Gasteiger charge is -2.35. The predicted molar refractivity (Wildman–Crippen MR) is 97.8 cm³/mol. The first-order chi connectivity index (χ1) is 13.0. The lowest BCUT2D eigenvalue weighted by atomic mass is 10.0. The predicted octanol–water partition coefficient (Wildman–Crippen LogP) is 0.412. The van der Waals surface area contributed by atoms with Crippen LogP contribution in [0.15, 0.2) is 54.9 Å². The highest BCUT2D eigenvalue weighted by Crippen LogP contribution is 2.13. The molecule has 1 aliphatic heterocycles. The summed E-state index contributed by atoms with van der Waals surface area (Å²) in [6.45, 7) is 0.238. The summed E-state index contributed by atoms with van der Waals surface area (Å²) in [5.74, 6) is -1.78. The van der Waals surface area contributed by atoms with Gasteiger partial charge >= 0.3 is 11.8 Å². The van der Waals surface area contributed by atoms with Crippen LogP contribution in [-0.2, 0) is 9.59 Å². The summed E-state index contributed by atoms with van der Waals surface area (Å²) in [6, 6.07) is 11.3. The van der Waals surface area contributed by atoms with Crippen LogP contribution in [0.25, 0.3) is 0 Å². The molecule has 1 aromatic carbocycles. The Balaban J connectivity index is 1.54. The van der Waals surface area contributed by atoms with Gasteiger partial charge in [-0.1, -0.05) is 18.2 Å². The zero-order valence-electron chi connectivity index (χ0n) is 14.5. The molecule has 2 heterocycles. The number of β-amino-alcohol motifs (C(OH)–C–C–N with tert-alkyl or cyclic N) is 1. The average molecular weight is 368 g/mol. The summed E-state index contributed by atoms with van der Waals surface area (Å²) in [6.07, 6.45) is 2.41. The van der Waals surface area contributed by atoms with Crippen LogP contribution in [-0.4, -0.2) is 57.9 Å². The molecule has 140 valence electrons. The summed E-state index contributed by atoms with van der Waals surface area (Å²) >= 11 is 0. The second-order valence-electron chi connectivity index (χ2n) is 6.24. The number of rotatable bonds is 3. The summed E-state index contributed by atoms with van der Waals surface area (Å²) < 4.78 is 0. The Hall–Kier alpha value is -3.26. The Kier molecular flexibility index (Phi) is 5.77. The number of nitrogens with zero attached hydrogens (tertiary/aromatic N) is 2. The van der Waals surface area contributed by atoms with Gasteiger partial charge in [0.25, 0.3) is 5.91 Å². The molecule has 0 saturated carbocycles. The highest BCUT2D eigenvalue weighted by Gasteiger charge is 2.33. The molecule has 0 aliphatic carbocycles. The molecule has 1 saturated heterocycles. The van der Waals surface area contributed by atoms with Gasteiger partial charge in [-0.15, -0.1) is 0 Å². The molecule has 1 aromatic heterocycles. The number of aliphatic hydroxyl groups is 1. The number of pyridine rings is 1. The fourth-order valence-electron chi connectivity index (χ4n) is 2.89. The summed E-state index contributed by atoms with van der Waals surface area (Å²) in [4.78, 5) is 41.7. The van der Waals surface area contributed by atoms with Crippen molar-refractivity contribution >= 4 is 23.4 Å². The Morgan fingerprint density at radius 1 is 1.07 bits per heavy atom. The first-order valence-electron chi connectivity index (χ1n) is 8.59. The van der Waals surface area contributed by atoms with E-state index in [1.165, 1.54) is 17.3 Å². The van der Waals surface area contributed by atoms with Gasteiger partial charge in [-0.05, 0) is 30.7 Å². The molecule has 3 rings (SSSR count). The second kappa shape index (κ2) is 8.41. The standard InChI is InChI=1S/C19H20N4O4/c24-16-12-23(19(27)18(26)21-14-4-2-1-3-5-14)11-8-15(16)22-17(25)13-6-9-20-10-7-13/h1-7,9-10,15-16,24H,8,11-12H2,(H,21,26)(H,22,25)/t15-,16-/m1/s1. The van der Waals surface area contributed by atoms with Crippen LogP contribution >= 0.6 is 0 Å². The molecule has 27 heavy (non-hydrogen) atoms. The molecule has 3 N–H and O–H groups in total. The molecule has 3 amide bonds. The van der Waals surface area contributed by atoms with E-state index in [1.807, 2.05) is 0 Å². The van der Waals surface area contributed by atoms with Crippen molar-refractivity contribution in [2.24, 2.45) is 0 Å². The van der Waals surface area contributed by atoms with Crippen molar-refractivity contribution in [3.8, 4) is 0 Å². The molecule has 0 unspecified atom stereocenters. The number of hydrogen-bond donors (Lipinski definition) is 3. The molecule has 0 spiro atoms. The van der Waals surface area contributed by atoms with Crippen molar-refractivity contribution in [2.75, 3.05) is 18.4 Å². The van der Waals surface area contributed by atoms with E-state index in [2.05, 4.69) is 15.6 Å². The van der Waals surface area contributed by atoms with Crippen LogP contribution in [0, 0.1) is 0 Å². The van der Waals surface area contributed by atoms with E-state index in [0.29, 0.717) is 17.7 Å². The summed E-state index contributed by atoms with van der Waals surface area (Å²) in [7, 11) is 0. The number of benzene rings is 1. The van der Waals surface area contributed by atoms with E-state index >= 15 is 0 Å². The van der Waals surface area contributed by atoms with Gasteiger partial charge in [0.05, 0.1) is 12.1 Å². The van der Waals surface area contributed by atoms with Gasteiger partial charge < -0.3 is 20.6 Å². The van der Waals surface area contributed by atoms with Crippen molar-refractivity contribution in [3.05, 3.63) is 60.4 Å². The number of para-hydroxylation sites is 1. The third kappa shape index (κ3) is 4.68. The monoisotopic (exact) mass is 368 g/mol. The van der Waals surface area contributed by atoms with Crippen LogP contribution in [0.1, 0.15) is 16.8 Å². The van der Waals surface area contributed by atoms with Gasteiger partial charge in [0, 0.05) is 36.7 Å². The van der Waals surface area contributed by atoms with Crippen molar-refractivity contribution in [1.29, 1.82) is 0 Å². The van der Waals surface area contributed by atoms with Gasteiger partial charge in [0.2, 0.25) is 0 Å². The third-order valence-corrected chi connectivity index (χ3v) is 4.35. The SMILES string of the molecule is O=C(Nc1ccccc1)C(=O)N1CC[C@@H](NC(=O)c2ccncc2)[C@H](O)C1. The topological polar surface area (TPSA) is 112 Å². The first kappa shape index (κ1) is 18.5. The lowest BCUT2D eigenvalue weighted by Crippen LogP contribution is -2.56. The maximum Gasteiger partial charge on any atom is 0.313 e. The van der Waals surface area contributed by atoms with Crippen LogP contribution in [0.2, 0.25) is 0 Å². The highest BCUT2D eigenvalue weighted by molar-refractivity contribution is 6.39. The number of aliphatic hydroxyl groups excluding tert-OH is 1. The number of hydrogen-bond acceptors (Lipinski definition) is 5. The number of nitrogens with one attached hydrogen (secondary N) is 2. The second-order valence-corrected chi connectivity index (χ2v) is 6.24. The number of carbonyl (C=O) groups is 3. The van der Waals surface area contributed by atoms with E-state index in [-0.39, 0.29) is 19.0 Å². The zero-order chi connectivity index (χ0) is 19.2. The minimum absolute atomic E-state index is 0.0255. The van der Waals surface area contributed by atoms with E-state index in [1.54, 1.807) is 42.5 Å². The summed E-state index contributed by atoms with van der Waals surface area (Å²) in [5, 5.41) is 15.6. The van der Waals surface area contributed by atoms with Crippen molar-refractivity contribution in [2.45, 2.75) is 18.6 Å². The Morgan fingerprint density at radius 3 is 2.44 bits per heavy atom. The molecular weight excluding hydrogens is 348 g/mol. The van der Waals surface area contributed by atoms with Crippen LogP contribution < -0.4 is 10.6 Å². The Morgan fingerprint density at radius 2 is 1.78 bits per heavy atom. The minimum Gasteiger partial charge on any atom is -0.389 e. The number of carbonyl (C=O) groups excluding carboxylic acids is 3. The maximum atomic E-state index is 12.3. The fourth-order valence-corrected chi connectivity index (χ4v) is 2.89. The maximum absolute atomic E-state index is 12.3. The zero-order valence-corrected chi connectivity index (χ0v) is 14.5. The van der Waals surface area contributed by atoms with E-state index in [0.717, 1.165) is 0 Å². The van der Waals surface area contributed by atoms with Crippen LogP contribution in [0.4, 0.5) is 5.69 Å². The number of likely N-dealkylation sites (tertiary alicyclic amines) is 1. The van der Waals surface area contributed by atoms with Crippen molar-refractivity contribution in [3.63, 3.8) is 0 Å². The van der Waals surface area contributed by atoms with E-state index in [4.69, 9.17) is 0 Å². The van der Waals surface area contributed by atoms with Crippen LogP contribution in [0.3, 0.4) is 0 Å². The number of piperidine rings is 1. The normalized spacial score (nSPS) is 19.2. The molecule has 8 heteroatoms. The van der Waals surface area contributed by atoms with Crippen molar-refractivity contribution in [1.82, 2.24) is 15.2 Å². The Bertz CT molecular complexity index is 813. The van der Waals surface area contributed by atoms with Crippen molar-refractivity contribution < 1.29 is 19.5 Å².